The number of rotatable bonds is 4. The van der Waals surface area contributed by atoms with Gasteiger partial charge in [-0.3, -0.25) is 0 Å². The van der Waals surface area contributed by atoms with E-state index in [9.17, 15) is 10.2 Å². The lowest BCUT2D eigenvalue weighted by molar-refractivity contribution is -0.148. The predicted octanol–water partition coefficient (Wildman–Crippen LogP) is 7.20. The molecule has 8 atom stereocenters. The molecule has 0 saturated heterocycles. The fourth-order valence-corrected chi connectivity index (χ4v) is 10.6. The second-order valence-electron chi connectivity index (χ2n) is 14.0. The summed E-state index contributed by atoms with van der Waals surface area (Å²) in [6.07, 6.45) is 13.1. The van der Waals surface area contributed by atoms with Gasteiger partial charge in [0.25, 0.3) is 0 Å². The first-order chi connectivity index (χ1) is 14.9. The van der Waals surface area contributed by atoms with Crippen LogP contribution in [0.15, 0.2) is 23.3 Å². The SMILES string of the molecule is C=C(C)C(O)CCC(C)=C1CCC2(C)C3CCC4C(C)(C)C(O)CCC45CC35CCC12C. The van der Waals surface area contributed by atoms with E-state index in [4.69, 9.17) is 0 Å². The van der Waals surface area contributed by atoms with E-state index in [-0.39, 0.29) is 17.6 Å². The maximum Gasteiger partial charge on any atom is 0.0747 e. The lowest BCUT2D eigenvalue weighted by atomic mass is 9.42. The fraction of sp³-hybridized carbons (Fsp3) is 0.867. The maximum absolute atomic E-state index is 10.8. The molecule has 0 amide bonds. The first-order valence-electron chi connectivity index (χ1n) is 13.6. The summed E-state index contributed by atoms with van der Waals surface area (Å²) in [5.74, 6) is 1.56. The molecule has 8 unspecified atom stereocenters. The van der Waals surface area contributed by atoms with Gasteiger partial charge in [0.15, 0.2) is 0 Å². The molecule has 0 radical (unpaired) electrons. The van der Waals surface area contributed by atoms with Crippen molar-refractivity contribution in [2.24, 2.45) is 38.9 Å². The summed E-state index contributed by atoms with van der Waals surface area (Å²) in [5, 5.41) is 21.1. The first kappa shape index (κ1) is 23.2. The van der Waals surface area contributed by atoms with Gasteiger partial charge in [0.2, 0.25) is 0 Å². The van der Waals surface area contributed by atoms with Crippen molar-refractivity contribution in [1.82, 2.24) is 0 Å². The van der Waals surface area contributed by atoms with Gasteiger partial charge in [-0.05, 0) is 123 Å². The van der Waals surface area contributed by atoms with Gasteiger partial charge in [-0.2, -0.15) is 0 Å². The number of allylic oxidation sites excluding steroid dienone is 2. The van der Waals surface area contributed by atoms with E-state index in [1.54, 1.807) is 11.1 Å². The third-order valence-corrected chi connectivity index (χ3v) is 12.7. The number of hydrogen-bond acceptors (Lipinski definition) is 2. The molecule has 0 aromatic carbocycles. The molecule has 2 N–H and O–H groups in total. The van der Waals surface area contributed by atoms with Gasteiger partial charge in [-0.1, -0.05) is 51.0 Å². The third-order valence-electron chi connectivity index (χ3n) is 12.7. The fourth-order valence-electron chi connectivity index (χ4n) is 10.6. The highest BCUT2D eigenvalue weighted by Gasteiger charge is 2.81. The molecule has 32 heavy (non-hydrogen) atoms. The highest BCUT2D eigenvalue weighted by atomic mass is 16.3. The van der Waals surface area contributed by atoms with Crippen LogP contribution in [0.2, 0.25) is 0 Å². The minimum Gasteiger partial charge on any atom is -0.393 e. The molecule has 0 aromatic rings. The van der Waals surface area contributed by atoms with Crippen LogP contribution in [-0.2, 0) is 0 Å². The molecule has 5 saturated carbocycles. The van der Waals surface area contributed by atoms with Crippen molar-refractivity contribution < 1.29 is 10.2 Å². The Morgan fingerprint density at radius 2 is 1.62 bits per heavy atom. The third kappa shape index (κ3) is 2.66. The van der Waals surface area contributed by atoms with Gasteiger partial charge in [0, 0.05) is 0 Å². The van der Waals surface area contributed by atoms with E-state index in [2.05, 4.69) is 41.2 Å². The van der Waals surface area contributed by atoms with Gasteiger partial charge in [0.05, 0.1) is 12.2 Å². The van der Waals surface area contributed by atoms with Gasteiger partial charge in [-0.25, -0.2) is 0 Å². The molecule has 5 aliphatic rings. The average Bonchev–Trinajstić information content (AvgIpc) is 3.31. The Hall–Kier alpha value is -0.600. The zero-order valence-corrected chi connectivity index (χ0v) is 21.7. The normalized spacial score (nSPS) is 51.1. The highest BCUT2D eigenvalue weighted by Crippen LogP contribution is 2.88. The van der Waals surface area contributed by atoms with E-state index in [1.807, 2.05) is 6.92 Å². The Labute approximate surface area is 197 Å². The molecule has 2 heteroatoms. The largest absolute Gasteiger partial charge is 0.393 e. The summed E-state index contributed by atoms with van der Waals surface area (Å²) >= 11 is 0. The molecule has 5 fully saturated rings. The van der Waals surface area contributed by atoms with E-state index in [0.29, 0.717) is 27.6 Å². The Morgan fingerprint density at radius 1 is 0.969 bits per heavy atom. The smallest absolute Gasteiger partial charge is 0.0747 e. The molecule has 5 rings (SSSR count). The van der Waals surface area contributed by atoms with E-state index < -0.39 is 0 Å². The number of hydrogen-bond donors (Lipinski definition) is 2. The topological polar surface area (TPSA) is 40.5 Å². The monoisotopic (exact) mass is 440 g/mol. The van der Waals surface area contributed by atoms with Crippen molar-refractivity contribution in [2.75, 3.05) is 0 Å². The zero-order valence-electron chi connectivity index (χ0n) is 21.7. The van der Waals surface area contributed by atoms with Crippen LogP contribution in [0.5, 0.6) is 0 Å². The molecule has 0 heterocycles. The van der Waals surface area contributed by atoms with Crippen LogP contribution in [0, 0.1) is 38.9 Å². The van der Waals surface area contributed by atoms with E-state index in [0.717, 1.165) is 30.8 Å². The van der Waals surface area contributed by atoms with Gasteiger partial charge >= 0.3 is 0 Å². The van der Waals surface area contributed by atoms with Crippen molar-refractivity contribution >= 4 is 0 Å². The summed E-state index contributed by atoms with van der Waals surface area (Å²) < 4.78 is 0. The van der Waals surface area contributed by atoms with Crippen LogP contribution >= 0.6 is 0 Å². The van der Waals surface area contributed by atoms with Crippen LogP contribution in [-0.4, -0.2) is 22.4 Å². The summed E-state index contributed by atoms with van der Waals surface area (Å²) in [6, 6.07) is 0. The van der Waals surface area contributed by atoms with Crippen molar-refractivity contribution in [3.63, 3.8) is 0 Å². The Morgan fingerprint density at radius 3 is 2.31 bits per heavy atom. The summed E-state index contributed by atoms with van der Waals surface area (Å²) in [6.45, 7) is 18.2. The minimum absolute atomic E-state index is 0.0792. The summed E-state index contributed by atoms with van der Waals surface area (Å²) in [7, 11) is 0. The lowest BCUT2D eigenvalue weighted by Crippen LogP contribution is -2.56. The summed E-state index contributed by atoms with van der Waals surface area (Å²) in [4.78, 5) is 0. The Kier molecular flexibility index (Phi) is 5.04. The van der Waals surface area contributed by atoms with E-state index in [1.165, 1.54) is 51.4 Å². The van der Waals surface area contributed by atoms with Crippen molar-refractivity contribution in [3.05, 3.63) is 23.3 Å². The Bertz CT molecular complexity index is 853. The number of fused-ring (bicyclic) bond motifs is 2. The zero-order chi connectivity index (χ0) is 23.3. The molecule has 0 aliphatic heterocycles. The summed E-state index contributed by atoms with van der Waals surface area (Å²) in [5.41, 5.74) is 6.06. The molecule has 5 aliphatic carbocycles. The Balaban J connectivity index is 1.44. The molecule has 180 valence electrons. The number of aliphatic hydroxyl groups is 2. The second-order valence-corrected chi connectivity index (χ2v) is 14.0. The molecular formula is C30H48O2. The molecule has 0 bridgehead atoms. The van der Waals surface area contributed by atoms with Crippen molar-refractivity contribution in [3.8, 4) is 0 Å². The molecular weight excluding hydrogens is 392 g/mol. The lowest BCUT2D eigenvalue weighted by Gasteiger charge is -2.62. The van der Waals surface area contributed by atoms with Gasteiger partial charge in [-0.15, -0.1) is 0 Å². The molecule has 2 spiro atoms. The second kappa shape index (κ2) is 6.97. The molecule has 0 aromatic heterocycles. The van der Waals surface area contributed by atoms with Crippen LogP contribution in [0.4, 0.5) is 0 Å². The number of aliphatic hydroxyl groups excluding tert-OH is 2. The van der Waals surface area contributed by atoms with Crippen molar-refractivity contribution in [1.29, 1.82) is 0 Å². The van der Waals surface area contributed by atoms with Crippen LogP contribution in [0.3, 0.4) is 0 Å². The van der Waals surface area contributed by atoms with Crippen LogP contribution in [0.25, 0.3) is 0 Å². The van der Waals surface area contributed by atoms with Gasteiger partial charge in [0.1, 0.15) is 0 Å². The average molecular weight is 441 g/mol. The quantitative estimate of drug-likeness (QED) is 0.454. The first-order valence-corrected chi connectivity index (χ1v) is 13.6. The van der Waals surface area contributed by atoms with Crippen LogP contribution < -0.4 is 0 Å². The maximum atomic E-state index is 10.8. The highest BCUT2D eigenvalue weighted by molar-refractivity contribution is 5.37. The van der Waals surface area contributed by atoms with Gasteiger partial charge < -0.3 is 10.2 Å². The minimum atomic E-state index is -0.368. The van der Waals surface area contributed by atoms with Crippen molar-refractivity contribution in [2.45, 2.75) is 124 Å². The van der Waals surface area contributed by atoms with Crippen LogP contribution in [0.1, 0.15) is 112 Å². The standard InChI is InChI=1S/C30H48O2/c1-19(2)22(31)9-8-20(3)21-12-14-28(7)24-11-10-23-26(4,5)25(32)13-15-29(23)18-30(24,29)17-16-27(21,28)6/h22-25,31-32H,1,8-18H2,2-7H3. The predicted molar refractivity (Wildman–Crippen MR) is 132 cm³/mol. The molecule has 2 nitrogen and oxygen atoms in total. The van der Waals surface area contributed by atoms with E-state index >= 15 is 0 Å².